The normalized spacial score (nSPS) is 10.2. The van der Waals surface area contributed by atoms with Gasteiger partial charge in [-0.05, 0) is 56.2 Å². The van der Waals surface area contributed by atoms with Crippen LogP contribution in [0.4, 0.5) is 5.69 Å². The van der Waals surface area contributed by atoms with Crippen molar-refractivity contribution in [2.45, 2.75) is 20.8 Å². The quantitative estimate of drug-likeness (QED) is 0.845. The number of nitrogens with two attached hydrogens (primary N) is 1. The number of carbonyl (C=O) groups excluding carboxylic acids is 1. The summed E-state index contributed by atoms with van der Waals surface area (Å²) in [6.45, 7) is 6.43. The number of aryl methyl sites for hydroxylation is 2. The van der Waals surface area contributed by atoms with E-state index in [2.05, 4.69) is 5.32 Å². The fourth-order valence-electron chi connectivity index (χ4n) is 1.96. The number of anilines is 1. The molecule has 21 heavy (non-hydrogen) atoms. The molecule has 3 N–H and O–H groups in total. The third-order valence-corrected chi connectivity index (χ3v) is 3.18. The van der Waals surface area contributed by atoms with E-state index in [-0.39, 0.29) is 5.91 Å². The van der Waals surface area contributed by atoms with Crippen molar-refractivity contribution < 1.29 is 9.53 Å². The molecule has 0 aliphatic rings. The Morgan fingerprint density at radius 1 is 1.14 bits per heavy atom. The van der Waals surface area contributed by atoms with Crippen LogP contribution in [0, 0.1) is 13.8 Å². The van der Waals surface area contributed by atoms with Gasteiger partial charge in [0, 0.05) is 12.1 Å². The first-order valence-electron chi connectivity index (χ1n) is 6.94. The molecule has 0 saturated carbocycles. The standard InChI is InChI=1S/C17H20N2O2/c1-4-19-17(20)13-7-8-14(18)16(10-13)21-15-9-11(2)5-6-12(15)3/h5-10H,4,18H2,1-3H3,(H,19,20). The molecular weight excluding hydrogens is 264 g/mol. The Bertz CT molecular complexity index is 666. The van der Waals surface area contributed by atoms with Crippen LogP contribution in [0.5, 0.6) is 11.5 Å². The SMILES string of the molecule is CCNC(=O)c1ccc(N)c(Oc2cc(C)ccc2C)c1. The van der Waals surface area contributed by atoms with Gasteiger partial charge in [-0.2, -0.15) is 0 Å². The Kier molecular flexibility index (Phi) is 4.48. The van der Waals surface area contributed by atoms with Crippen LogP contribution >= 0.6 is 0 Å². The molecule has 0 unspecified atom stereocenters. The van der Waals surface area contributed by atoms with Gasteiger partial charge >= 0.3 is 0 Å². The zero-order valence-corrected chi connectivity index (χ0v) is 12.6. The van der Waals surface area contributed by atoms with Gasteiger partial charge in [0.25, 0.3) is 5.91 Å². The second-order valence-electron chi connectivity index (χ2n) is 4.98. The molecule has 1 amide bonds. The van der Waals surface area contributed by atoms with Crippen LogP contribution < -0.4 is 15.8 Å². The summed E-state index contributed by atoms with van der Waals surface area (Å²) in [6, 6.07) is 11.0. The lowest BCUT2D eigenvalue weighted by Crippen LogP contribution is -2.22. The molecule has 0 saturated heterocycles. The maximum absolute atomic E-state index is 11.9. The van der Waals surface area contributed by atoms with Gasteiger partial charge in [-0.15, -0.1) is 0 Å². The Morgan fingerprint density at radius 3 is 2.62 bits per heavy atom. The second-order valence-corrected chi connectivity index (χ2v) is 4.98. The topological polar surface area (TPSA) is 64.4 Å². The number of nitrogen functional groups attached to an aromatic ring is 1. The minimum absolute atomic E-state index is 0.136. The van der Waals surface area contributed by atoms with Crippen molar-refractivity contribution in [3.63, 3.8) is 0 Å². The third-order valence-electron chi connectivity index (χ3n) is 3.18. The van der Waals surface area contributed by atoms with Crippen LogP contribution in [-0.4, -0.2) is 12.5 Å². The summed E-state index contributed by atoms with van der Waals surface area (Å²) in [5.41, 5.74) is 9.10. The average Bonchev–Trinajstić information content (AvgIpc) is 2.45. The average molecular weight is 284 g/mol. The van der Waals surface area contributed by atoms with Gasteiger partial charge in [-0.1, -0.05) is 12.1 Å². The molecule has 0 spiro atoms. The lowest BCUT2D eigenvalue weighted by Gasteiger charge is -2.13. The molecule has 0 bridgehead atoms. The fourth-order valence-corrected chi connectivity index (χ4v) is 1.96. The van der Waals surface area contributed by atoms with Gasteiger partial charge in [-0.25, -0.2) is 0 Å². The van der Waals surface area contributed by atoms with Crippen LogP contribution in [0.1, 0.15) is 28.4 Å². The molecule has 110 valence electrons. The molecule has 2 aromatic carbocycles. The smallest absolute Gasteiger partial charge is 0.251 e. The summed E-state index contributed by atoms with van der Waals surface area (Å²) >= 11 is 0. The zero-order valence-electron chi connectivity index (χ0n) is 12.6. The molecule has 2 aromatic rings. The lowest BCUT2D eigenvalue weighted by atomic mass is 10.1. The van der Waals surface area contributed by atoms with Crippen molar-refractivity contribution in [3.05, 3.63) is 53.1 Å². The highest BCUT2D eigenvalue weighted by Gasteiger charge is 2.10. The molecule has 4 nitrogen and oxygen atoms in total. The van der Waals surface area contributed by atoms with Crippen molar-refractivity contribution in [1.29, 1.82) is 0 Å². The van der Waals surface area contributed by atoms with E-state index in [1.54, 1.807) is 18.2 Å². The number of ether oxygens (including phenoxy) is 1. The Morgan fingerprint density at radius 2 is 1.90 bits per heavy atom. The van der Waals surface area contributed by atoms with Gasteiger partial charge in [0.15, 0.2) is 5.75 Å². The summed E-state index contributed by atoms with van der Waals surface area (Å²) in [7, 11) is 0. The van der Waals surface area contributed by atoms with Crippen LogP contribution in [0.15, 0.2) is 36.4 Å². The predicted molar refractivity (Wildman–Crippen MR) is 84.9 cm³/mol. The maximum atomic E-state index is 11.9. The first kappa shape index (κ1) is 14.9. The van der Waals surface area contributed by atoms with Crippen molar-refractivity contribution in [3.8, 4) is 11.5 Å². The van der Waals surface area contributed by atoms with E-state index in [4.69, 9.17) is 10.5 Å². The van der Waals surface area contributed by atoms with Crippen molar-refractivity contribution >= 4 is 11.6 Å². The first-order valence-corrected chi connectivity index (χ1v) is 6.94. The second kappa shape index (κ2) is 6.31. The van der Waals surface area contributed by atoms with Crippen molar-refractivity contribution in [2.75, 3.05) is 12.3 Å². The Hall–Kier alpha value is -2.49. The fraction of sp³-hybridized carbons (Fsp3) is 0.235. The van der Waals surface area contributed by atoms with Crippen molar-refractivity contribution in [1.82, 2.24) is 5.32 Å². The minimum Gasteiger partial charge on any atom is -0.455 e. The van der Waals surface area contributed by atoms with E-state index < -0.39 is 0 Å². The van der Waals surface area contributed by atoms with Gasteiger partial charge in [0.2, 0.25) is 0 Å². The molecule has 0 aliphatic carbocycles. The van der Waals surface area contributed by atoms with E-state index in [1.165, 1.54) is 0 Å². The van der Waals surface area contributed by atoms with E-state index >= 15 is 0 Å². The molecule has 0 aliphatic heterocycles. The van der Waals surface area contributed by atoms with Crippen molar-refractivity contribution in [2.24, 2.45) is 0 Å². The number of hydrogen-bond donors (Lipinski definition) is 2. The zero-order chi connectivity index (χ0) is 15.4. The highest BCUT2D eigenvalue weighted by atomic mass is 16.5. The number of rotatable bonds is 4. The maximum Gasteiger partial charge on any atom is 0.251 e. The molecule has 2 rings (SSSR count). The predicted octanol–water partition coefficient (Wildman–Crippen LogP) is 3.43. The number of amides is 1. The van der Waals surface area contributed by atoms with Gasteiger partial charge in [0.05, 0.1) is 5.69 Å². The third kappa shape index (κ3) is 3.54. The molecule has 0 fully saturated rings. The van der Waals surface area contributed by atoms with E-state index in [0.29, 0.717) is 23.5 Å². The van der Waals surface area contributed by atoms with E-state index in [0.717, 1.165) is 16.9 Å². The van der Waals surface area contributed by atoms with Crippen LogP contribution in [0.25, 0.3) is 0 Å². The van der Waals surface area contributed by atoms with Gasteiger partial charge in [0.1, 0.15) is 5.75 Å². The van der Waals surface area contributed by atoms with Crippen LogP contribution in [0.2, 0.25) is 0 Å². The number of benzene rings is 2. The van der Waals surface area contributed by atoms with Gasteiger partial charge in [-0.3, -0.25) is 4.79 Å². The number of hydrogen-bond acceptors (Lipinski definition) is 3. The first-order chi connectivity index (χ1) is 10.0. The van der Waals surface area contributed by atoms with E-state index in [1.807, 2.05) is 39.0 Å². The summed E-state index contributed by atoms with van der Waals surface area (Å²) in [6.07, 6.45) is 0. The van der Waals surface area contributed by atoms with Gasteiger partial charge < -0.3 is 15.8 Å². The lowest BCUT2D eigenvalue weighted by molar-refractivity contribution is 0.0955. The highest BCUT2D eigenvalue weighted by molar-refractivity contribution is 5.95. The number of nitrogens with one attached hydrogen (secondary N) is 1. The molecule has 0 atom stereocenters. The monoisotopic (exact) mass is 284 g/mol. The van der Waals surface area contributed by atoms with Crippen LogP contribution in [-0.2, 0) is 0 Å². The Labute approximate surface area is 124 Å². The highest BCUT2D eigenvalue weighted by Crippen LogP contribution is 2.31. The molecule has 0 radical (unpaired) electrons. The summed E-state index contributed by atoms with van der Waals surface area (Å²) in [5, 5.41) is 2.76. The summed E-state index contributed by atoms with van der Waals surface area (Å²) in [5.74, 6) is 1.10. The van der Waals surface area contributed by atoms with E-state index in [9.17, 15) is 4.79 Å². The Balaban J connectivity index is 2.33. The summed E-state index contributed by atoms with van der Waals surface area (Å²) in [4.78, 5) is 11.9. The summed E-state index contributed by atoms with van der Waals surface area (Å²) < 4.78 is 5.88. The molecule has 4 heteroatoms. The number of carbonyl (C=O) groups is 1. The minimum atomic E-state index is -0.136. The molecular formula is C17H20N2O2. The largest absolute Gasteiger partial charge is 0.455 e. The molecule has 0 aromatic heterocycles. The van der Waals surface area contributed by atoms with Crippen LogP contribution in [0.3, 0.4) is 0 Å². The molecule has 0 heterocycles.